The lowest BCUT2D eigenvalue weighted by molar-refractivity contribution is -0.122. The number of hydrogen-bond acceptors (Lipinski definition) is 5. The van der Waals surface area contributed by atoms with E-state index in [0.717, 1.165) is 42.0 Å². The fourth-order valence-corrected chi connectivity index (χ4v) is 7.07. The van der Waals surface area contributed by atoms with Crippen molar-refractivity contribution in [1.29, 1.82) is 0 Å². The molecular weight excluding hydrogens is 574 g/mol. The van der Waals surface area contributed by atoms with Crippen molar-refractivity contribution in [2.75, 3.05) is 30.0 Å². The largest absolute Gasteiger partial charge is 0.495 e. The van der Waals surface area contributed by atoms with Gasteiger partial charge in [0.1, 0.15) is 11.3 Å². The van der Waals surface area contributed by atoms with Crippen molar-refractivity contribution in [3.05, 3.63) is 129 Å². The summed E-state index contributed by atoms with van der Waals surface area (Å²) in [6.45, 7) is 1.85. The van der Waals surface area contributed by atoms with Crippen molar-refractivity contribution >= 4 is 46.9 Å². The number of ether oxygens (including phenoxy) is 1. The minimum Gasteiger partial charge on any atom is -0.495 e. The Balaban J connectivity index is 1.38. The molecule has 1 fully saturated rings. The first-order chi connectivity index (χ1) is 21.4. The molecule has 8 heteroatoms. The van der Waals surface area contributed by atoms with Gasteiger partial charge in [-0.2, -0.15) is 0 Å². The molecule has 7 nitrogen and oxygen atoms in total. The number of benzene rings is 4. The van der Waals surface area contributed by atoms with Crippen LogP contribution in [0.1, 0.15) is 52.5 Å². The van der Waals surface area contributed by atoms with Crippen LogP contribution in [0.5, 0.6) is 5.75 Å². The summed E-state index contributed by atoms with van der Waals surface area (Å²) in [6.07, 6.45) is 3.28. The average Bonchev–Trinajstić information content (AvgIpc) is 3.04. The molecule has 4 aromatic carbocycles. The Hall–Kier alpha value is -4.88. The minimum atomic E-state index is -0.770. The molecule has 4 amide bonds. The first kappa shape index (κ1) is 27.9. The average molecular weight is 604 g/mol. The van der Waals surface area contributed by atoms with Crippen LogP contribution < -0.4 is 19.9 Å². The topological polar surface area (TPSA) is 79.0 Å². The molecule has 1 saturated heterocycles. The van der Waals surface area contributed by atoms with Crippen LogP contribution in [0.4, 0.5) is 16.2 Å². The Morgan fingerprint density at radius 3 is 1.95 bits per heavy atom. The monoisotopic (exact) mass is 603 g/mol. The van der Waals surface area contributed by atoms with Crippen LogP contribution in [0.3, 0.4) is 0 Å². The maximum atomic E-state index is 14.0. The summed E-state index contributed by atoms with van der Waals surface area (Å²) in [7, 11) is 1.51. The van der Waals surface area contributed by atoms with E-state index in [9.17, 15) is 14.4 Å². The first-order valence-corrected chi connectivity index (χ1v) is 15.1. The Bertz CT molecular complexity index is 1750. The number of barbiturate groups is 1. The molecule has 0 unspecified atom stereocenters. The third-order valence-electron chi connectivity index (χ3n) is 8.85. The van der Waals surface area contributed by atoms with Crippen molar-refractivity contribution in [3.8, 4) is 5.75 Å². The van der Waals surface area contributed by atoms with E-state index in [1.165, 1.54) is 30.0 Å². The highest BCUT2D eigenvalue weighted by Crippen LogP contribution is 2.50. The molecule has 1 N–H and O–H groups in total. The predicted molar refractivity (Wildman–Crippen MR) is 171 cm³/mol. The summed E-state index contributed by atoms with van der Waals surface area (Å²) in [6, 6.07) is 28.9. The summed E-state index contributed by atoms with van der Waals surface area (Å²) >= 11 is 6.31. The molecule has 0 saturated carbocycles. The molecule has 0 spiro atoms. The standard InChI is InChI=1S/C36H30ClN3O4/c1-44-32-13-12-22(19-31(32)37)18-30-34(41)38-36(43)40(35(30)42)25-20-28-26(23-8-4-2-5-9-23)14-16-39-17-15-27(29(21-25)33(28)39)24-10-6-3-7-11-24/h2-13,18-21,26-27H,14-17H2,1H3,(H,38,41,43)/b30-18+/t26-,27-/m0/s1. The van der Waals surface area contributed by atoms with Crippen LogP contribution in [-0.4, -0.2) is 38.0 Å². The van der Waals surface area contributed by atoms with Gasteiger partial charge in [0.05, 0.1) is 17.8 Å². The van der Waals surface area contributed by atoms with Gasteiger partial charge >= 0.3 is 6.03 Å². The van der Waals surface area contributed by atoms with E-state index in [1.54, 1.807) is 18.2 Å². The van der Waals surface area contributed by atoms with E-state index in [2.05, 4.69) is 34.5 Å². The number of imide groups is 2. The van der Waals surface area contributed by atoms with Crippen molar-refractivity contribution in [2.45, 2.75) is 24.7 Å². The smallest absolute Gasteiger partial charge is 0.335 e. The lowest BCUT2D eigenvalue weighted by Crippen LogP contribution is -2.54. The highest BCUT2D eigenvalue weighted by Gasteiger charge is 2.40. The summed E-state index contributed by atoms with van der Waals surface area (Å²) in [4.78, 5) is 43.9. The maximum Gasteiger partial charge on any atom is 0.335 e. The zero-order valence-electron chi connectivity index (χ0n) is 24.1. The number of nitrogens with zero attached hydrogens (tertiary/aromatic N) is 2. The molecule has 3 aliphatic heterocycles. The Morgan fingerprint density at radius 2 is 1.41 bits per heavy atom. The fourth-order valence-electron chi connectivity index (χ4n) is 6.80. The van der Waals surface area contributed by atoms with Gasteiger partial charge in [0.25, 0.3) is 11.8 Å². The van der Waals surface area contributed by atoms with Crippen molar-refractivity contribution in [3.63, 3.8) is 0 Å². The van der Waals surface area contributed by atoms with Crippen LogP contribution >= 0.6 is 11.6 Å². The normalized spacial score (nSPS) is 20.4. The molecule has 3 heterocycles. The van der Waals surface area contributed by atoms with E-state index in [4.69, 9.17) is 16.3 Å². The fraction of sp³-hybridized carbons (Fsp3) is 0.194. The van der Waals surface area contributed by atoms with Crippen molar-refractivity contribution < 1.29 is 19.1 Å². The highest BCUT2D eigenvalue weighted by molar-refractivity contribution is 6.39. The molecule has 7 rings (SSSR count). The molecule has 0 aromatic heterocycles. The summed E-state index contributed by atoms with van der Waals surface area (Å²) in [5.74, 6) is -0.775. The molecule has 2 atom stereocenters. The molecule has 4 aromatic rings. The summed E-state index contributed by atoms with van der Waals surface area (Å²) < 4.78 is 5.23. The Morgan fingerprint density at radius 1 is 0.818 bits per heavy atom. The highest BCUT2D eigenvalue weighted by atomic mass is 35.5. The van der Waals surface area contributed by atoms with E-state index < -0.39 is 17.8 Å². The number of hydrogen-bond donors (Lipinski definition) is 1. The second kappa shape index (κ2) is 11.3. The summed E-state index contributed by atoms with van der Waals surface area (Å²) in [5, 5.41) is 2.73. The molecular formula is C36H30ClN3O4. The van der Waals surface area contributed by atoms with Crippen LogP contribution in [0, 0.1) is 0 Å². The second-order valence-electron chi connectivity index (χ2n) is 11.3. The van der Waals surface area contributed by atoms with Gasteiger partial charge < -0.3 is 9.64 Å². The number of urea groups is 1. The number of methoxy groups -OCH3 is 1. The molecule has 0 aliphatic carbocycles. The molecule has 3 aliphatic rings. The quantitative estimate of drug-likeness (QED) is 0.198. The van der Waals surface area contributed by atoms with E-state index in [-0.39, 0.29) is 17.4 Å². The third-order valence-corrected chi connectivity index (χ3v) is 9.14. The number of anilines is 2. The number of rotatable bonds is 5. The van der Waals surface area contributed by atoms with E-state index in [0.29, 0.717) is 22.0 Å². The Labute approximate surface area is 260 Å². The van der Waals surface area contributed by atoms with Crippen LogP contribution in [0.15, 0.2) is 96.6 Å². The van der Waals surface area contributed by atoms with Crippen molar-refractivity contribution in [1.82, 2.24) is 5.32 Å². The number of carbonyl (C=O) groups is 3. The third kappa shape index (κ3) is 4.83. The van der Waals surface area contributed by atoms with E-state index in [1.807, 2.05) is 48.5 Å². The molecule has 0 radical (unpaired) electrons. The van der Waals surface area contributed by atoms with E-state index >= 15 is 0 Å². The van der Waals surface area contributed by atoms with Gasteiger partial charge in [0.2, 0.25) is 0 Å². The zero-order valence-corrected chi connectivity index (χ0v) is 24.9. The van der Waals surface area contributed by atoms with Crippen molar-refractivity contribution in [2.24, 2.45) is 0 Å². The lowest BCUT2D eigenvalue weighted by atomic mass is 9.76. The second-order valence-corrected chi connectivity index (χ2v) is 11.7. The first-order valence-electron chi connectivity index (χ1n) is 14.7. The molecule has 220 valence electrons. The van der Waals surface area contributed by atoms with Gasteiger partial charge in [-0.25, -0.2) is 9.69 Å². The number of halogens is 1. The van der Waals surface area contributed by atoms with Gasteiger partial charge in [0, 0.05) is 30.6 Å². The lowest BCUT2D eigenvalue weighted by Gasteiger charge is -2.44. The van der Waals surface area contributed by atoms with Crippen LogP contribution in [-0.2, 0) is 9.59 Å². The van der Waals surface area contributed by atoms with Gasteiger partial charge in [-0.1, -0.05) is 78.3 Å². The predicted octanol–water partition coefficient (Wildman–Crippen LogP) is 6.89. The number of carbonyl (C=O) groups excluding carboxylic acids is 3. The SMILES string of the molecule is COc1ccc(/C=C2\C(=O)NC(=O)N(c3cc4c5c(c3)[C@H](c3ccccc3)CCN5CC[C@H]4c3ccccc3)C2=O)cc1Cl. The van der Waals surface area contributed by atoms with Gasteiger partial charge in [0.15, 0.2) is 0 Å². The summed E-state index contributed by atoms with van der Waals surface area (Å²) in [5.41, 5.74) is 6.55. The van der Waals surface area contributed by atoms with Crippen LogP contribution in [0.2, 0.25) is 5.02 Å². The van der Waals surface area contributed by atoms with Gasteiger partial charge in [-0.05, 0) is 71.0 Å². The molecule has 44 heavy (non-hydrogen) atoms. The van der Waals surface area contributed by atoms with Gasteiger partial charge in [-0.3, -0.25) is 14.9 Å². The van der Waals surface area contributed by atoms with Gasteiger partial charge in [-0.15, -0.1) is 0 Å². The zero-order chi connectivity index (χ0) is 30.4. The van der Waals surface area contributed by atoms with Crippen LogP contribution in [0.25, 0.3) is 6.08 Å². The number of amides is 4. The minimum absolute atomic E-state index is 0.0942. The Kier molecular flexibility index (Phi) is 7.18. The number of nitrogens with one attached hydrogen (secondary N) is 1. The maximum absolute atomic E-state index is 14.0. The molecule has 0 bridgehead atoms.